The second kappa shape index (κ2) is 3.60. The summed E-state index contributed by atoms with van der Waals surface area (Å²) >= 11 is 0. The van der Waals surface area contributed by atoms with E-state index in [9.17, 15) is 8.42 Å². The number of sulfonamides is 1. The highest BCUT2D eigenvalue weighted by Crippen LogP contribution is 2.41. The van der Waals surface area contributed by atoms with Gasteiger partial charge in [0.2, 0.25) is 10.0 Å². The average molecular weight is 254 g/mol. The van der Waals surface area contributed by atoms with E-state index in [1.54, 1.807) is 18.4 Å². The maximum atomic E-state index is 11.7. The van der Waals surface area contributed by atoms with Crippen molar-refractivity contribution >= 4 is 15.7 Å². The molecule has 0 bridgehead atoms. The van der Waals surface area contributed by atoms with E-state index in [1.807, 2.05) is 0 Å². The van der Waals surface area contributed by atoms with Gasteiger partial charge in [-0.2, -0.15) is 9.52 Å². The highest BCUT2D eigenvalue weighted by atomic mass is 32.2. The predicted molar refractivity (Wildman–Crippen MR) is 62.9 cm³/mol. The van der Waals surface area contributed by atoms with Crippen LogP contribution in [0.5, 0.6) is 0 Å². The minimum absolute atomic E-state index is 0.296. The zero-order chi connectivity index (χ0) is 12.0. The quantitative estimate of drug-likeness (QED) is 0.825. The van der Waals surface area contributed by atoms with Crippen LogP contribution in [0.15, 0.2) is 27.9 Å². The molecule has 0 aromatic carbocycles. The first-order chi connectivity index (χ1) is 8.05. The molecule has 1 aromatic heterocycles. The van der Waals surface area contributed by atoms with Gasteiger partial charge in [0.25, 0.3) is 0 Å². The maximum absolute atomic E-state index is 11.7. The summed E-state index contributed by atoms with van der Waals surface area (Å²) < 4.78 is 29.9. The Balaban J connectivity index is 1.94. The Labute approximate surface area is 100 Å². The van der Waals surface area contributed by atoms with Crippen LogP contribution in [-0.2, 0) is 10.0 Å². The SMILES string of the molecule is CS(=O)(=O)N1N=C(C2CC2)C[C@H]1c1ccco1. The number of nitrogens with zero attached hydrogens (tertiary/aromatic N) is 2. The van der Waals surface area contributed by atoms with E-state index in [4.69, 9.17) is 4.42 Å². The van der Waals surface area contributed by atoms with Crippen LogP contribution in [0.1, 0.15) is 31.1 Å². The van der Waals surface area contributed by atoms with Gasteiger partial charge >= 0.3 is 0 Å². The first-order valence-electron chi connectivity index (χ1n) is 5.66. The smallest absolute Gasteiger partial charge is 0.247 e. The summed E-state index contributed by atoms with van der Waals surface area (Å²) in [5, 5.41) is 4.26. The summed E-state index contributed by atoms with van der Waals surface area (Å²) in [5.41, 5.74) is 0.997. The van der Waals surface area contributed by atoms with Gasteiger partial charge in [0.05, 0.1) is 12.5 Å². The Morgan fingerprint density at radius 1 is 1.47 bits per heavy atom. The van der Waals surface area contributed by atoms with Crippen molar-refractivity contribution in [2.75, 3.05) is 6.26 Å². The van der Waals surface area contributed by atoms with Crippen molar-refractivity contribution in [1.29, 1.82) is 0 Å². The molecule has 0 amide bonds. The number of hydrazone groups is 1. The molecule has 1 atom stereocenters. The molecule has 2 heterocycles. The second-order valence-electron chi connectivity index (χ2n) is 4.64. The van der Waals surface area contributed by atoms with Crippen molar-refractivity contribution in [2.45, 2.75) is 25.3 Å². The number of rotatable bonds is 3. The monoisotopic (exact) mass is 254 g/mol. The third-order valence-corrected chi connectivity index (χ3v) is 4.17. The molecule has 3 rings (SSSR count). The average Bonchev–Trinajstić information content (AvgIpc) is 2.82. The van der Waals surface area contributed by atoms with Crippen LogP contribution < -0.4 is 0 Å². The summed E-state index contributed by atoms with van der Waals surface area (Å²) in [6.07, 6.45) is 5.65. The first kappa shape index (κ1) is 10.8. The lowest BCUT2D eigenvalue weighted by atomic mass is 10.1. The molecule has 17 heavy (non-hydrogen) atoms. The number of hydrogen-bond acceptors (Lipinski definition) is 4. The van der Waals surface area contributed by atoms with Gasteiger partial charge in [0.15, 0.2) is 0 Å². The summed E-state index contributed by atoms with van der Waals surface area (Å²) in [5.74, 6) is 1.15. The van der Waals surface area contributed by atoms with Crippen molar-refractivity contribution in [1.82, 2.24) is 4.41 Å². The molecule has 1 aromatic rings. The fraction of sp³-hybridized carbons (Fsp3) is 0.545. The molecule has 2 aliphatic rings. The van der Waals surface area contributed by atoms with E-state index in [1.165, 1.54) is 10.7 Å². The molecule has 1 fully saturated rings. The molecule has 5 nitrogen and oxygen atoms in total. The molecule has 6 heteroatoms. The summed E-state index contributed by atoms with van der Waals surface area (Å²) in [7, 11) is -3.33. The lowest BCUT2D eigenvalue weighted by molar-refractivity contribution is 0.322. The Kier molecular flexibility index (Phi) is 2.29. The molecule has 0 N–H and O–H groups in total. The van der Waals surface area contributed by atoms with Crippen molar-refractivity contribution in [2.24, 2.45) is 11.0 Å². The molecule has 0 saturated heterocycles. The predicted octanol–water partition coefficient (Wildman–Crippen LogP) is 1.75. The Bertz CT molecular complexity index is 543. The summed E-state index contributed by atoms with van der Waals surface area (Å²) in [6, 6.07) is 3.27. The van der Waals surface area contributed by atoms with E-state index in [-0.39, 0.29) is 6.04 Å². The molecule has 0 unspecified atom stereocenters. The van der Waals surface area contributed by atoms with Gasteiger partial charge in [0, 0.05) is 12.1 Å². The molecule has 1 saturated carbocycles. The van der Waals surface area contributed by atoms with E-state index in [2.05, 4.69) is 5.10 Å². The van der Waals surface area contributed by atoms with Crippen LogP contribution in [0.2, 0.25) is 0 Å². The molecule has 92 valence electrons. The van der Waals surface area contributed by atoms with Crippen molar-refractivity contribution < 1.29 is 12.8 Å². The molecular weight excluding hydrogens is 240 g/mol. The lowest BCUT2D eigenvalue weighted by Gasteiger charge is -2.18. The zero-order valence-corrected chi connectivity index (χ0v) is 10.4. The fourth-order valence-electron chi connectivity index (χ4n) is 2.17. The van der Waals surface area contributed by atoms with Crippen LogP contribution in [-0.4, -0.2) is 24.8 Å². The van der Waals surface area contributed by atoms with E-state index in [0.29, 0.717) is 18.1 Å². The van der Waals surface area contributed by atoms with Gasteiger partial charge in [-0.1, -0.05) is 0 Å². The molecule has 1 aliphatic heterocycles. The zero-order valence-electron chi connectivity index (χ0n) is 9.54. The highest BCUT2D eigenvalue weighted by Gasteiger charge is 2.40. The maximum Gasteiger partial charge on any atom is 0.247 e. The van der Waals surface area contributed by atoms with Crippen LogP contribution in [0.3, 0.4) is 0 Å². The van der Waals surface area contributed by atoms with Crippen LogP contribution in [0, 0.1) is 5.92 Å². The van der Waals surface area contributed by atoms with Gasteiger partial charge in [-0.3, -0.25) is 0 Å². The van der Waals surface area contributed by atoms with Crippen molar-refractivity contribution in [3.63, 3.8) is 0 Å². The van der Waals surface area contributed by atoms with Gasteiger partial charge in [-0.05, 0) is 30.9 Å². The van der Waals surface area contributed by atoms with Gasteiger partial charge in [-0.15, -0.1) is 0 Å². The first-order valence-corrected chi connectivity index (χ1v) is 7.51. The number of furan rings is 1. The second-order valence-corrected chi connectivity index (χ2v) is 6.48. The minimum atomic E-state index is -3.33. The Morgan fingerprint density at radius 3 is 2.76 bits per heavy atom. The molecule has 1 aliphatic carbocycles. The van der Waals surface area contributed by atoms with Gasteiger partial charge in [0.1, 0.15) is 11.8 Å². The van der Waals surface area contributed by atoms with E-state index >= 15 is 0 Å². The third-order valence-electron chi connectivity index (χ3n) is 3.16. The molecule has 0 spiro atoms. The minimum Gasteiger partial charge on any atom is -0.467 e. The largest absolute Gasteiger partial charge is 0.467 e. The van der Waals surface area contributed by atoms with Crippen molar-refractivity contribution in [3.8, 4) is 0 Å². The van der Waals surface area contributed by atoms with Gasteiger partial charge < -0.3 is 4.42 Å². The summed E-state index contributed by atoms with van der Waals surface area (Å²) in [6.45, 7) is 0. The van der Waals surface area contributed by atoms with Crippen LogP contribution in [0.4, 0.5) is 0 Å². The molecular formula is C11H14N2O3S. The highest BCUT2D eigenvalue weighted by molar-refractivity contribution is 7.88. The Hall–Kier alpha value is -1.30. The van der Waals surface area contributed by atoms with Crippen molar-refractivity contribution in [3.05, 3.63) is 24.2 Å². The normalized spacial score (nSPS) is 25.1. The van der Waals surface area contributed by atoms with E-state index < -0.39 is 10.0 Å². The topological polar surface area (TPSA) is 62.9 Å². The van der Waals surface area contributed by atoms with E-state index in [0.717, 1.165) is 18.6 Å². The van der Waals surface area contributed by atoms with Crippen LogP contribution in [0.25, 0.3) is 0 Å². The summed E-state index contributed by atoms with van der Waals surface area (Å²) in [4.78, 5) is 0. The molecule has 0 radical (unpaired) electrons. The standard InChI is InChI=1S/C11H14N2O3S/c1-17(14,15)13-10(11-3-2-6-16-11)7-9(12-13)8-4-5-8/h2-3,6,8,10H,4-5,7H2,1H3/t10-/m0/s1. The fourth-order valence-corrected chi connectivity index (χ4v) is 3.07. The Morgan fingerprint density at radius 2 is 2.24 bits per heavy atom. The number of hydrogen-bond donors (Lipinski definition) is 0. The lowest BCUT2D eigenvalue weighted by Crippen LogP contribution is -2.25. The van der Waals surface area contributed by atoms with Crippen LogP contribution >= 0.6 is 0 Å². The third kappa shape index (κ3) is 1.97. The van der Waals surface area contributed by atoms with Gasteiger partial charge in [-0.25, -0.2) is 8.42 Å².